The van der Waals surface area contributed by atoms with Crippen LogP contribution >= 0.6 is 11.6 Å². The van der Waals surface area contributed by atoms with Gasteiger partial charge in [-0.05, 0) is 48.6 Å². The van der Waals surface area contributed by atoms with Crippen LogP contribution in [0.1, 0.15) is 42.1 Å². The van der Waals surface area contributed by atoms with Crippen LogP contribution in [0.2, 0.25) is 5.02 Å². The van der Waals surface area contributed by atoms with Crippen LogP contribution in [0.25, 0.3) is 0 Å². The lowest BCUT2D eigenvalue weighted by Gasteiger charge is -2.21. The van der Waals surface area contributed by atoms with E-state index in [0.29, 0.717) is 12.1 Å². The van der Waals surface area contributed by atoms with Crippen LogP contribution in [0.15, 0.2) is 48.5 Å². The number of benzene rings is 2. The molecule has 19 heavy (non-hydrogen) atoms. The first-order valence-corrected chi connectivity index (χ1v) is 7.21. The molecule has 2 aromatic rings. The van der Waals surface area contributed by atoms with Crippen LogP contribution < -0.4 is 5.32 Å². The lowest BCUT2D eigenvalue weighted by Crippen LogP contribution is -2.22. The van der Waals surface area contributed by atoms with E-state index >= 15 is 0 Å². The molecule has 2 unspecified atom stereocenters. The summed E-state index contributed by atoms with van der Waals surface area (Å²) >= 11 is 5.93. The average molecular weight is 272 g/mol. The van der Waals surface area contributed by atoms with Crippen LogP contribution in [0.3, 0.4) is 0 Å². The van der Waals surface area contributed by atoms with E-state index < -0.39 is 0 Å². The predicted octanol–water partition coefficient (Wildman–Crippen LogP) is 4.68. The lowest BCUT2D eigenvalue weighted by atomic mass is 10.0. The minimum Gasteiger partial charge on any atom is -0.303 e. The van der Waals surface area contributed by atoms with E-state index in [1.807, 2.05) is 12.1 Å². The summed E-state index contributed by atoms with van der Waals surface area (Å²) in [6, 6.07) is 17.7. The second kappa shape index (κ2) is 5.36. The third-order valence-corrected chi connectivity index (χ3v) is 4.21. The zero-order valence-corrected chi connectivity index (χ0v) is 11.8. The summed E-state index contributed by atoms with van der Waals surface area (Å²) in [5, 5.41) is 4.52. The van der Waals surface area contributed by atoms with E-state index in [4.69, 9.17) is 11.6 Å². The molecule has 1 nitrogen and oxygen atoms in total. The van der Waals surface area contributed by atoms with Crippen molar-refractivity contribution in [2.24, 2.45) is 0 Å². The Hall–Kier alpha value is -1.31. The van der Waals surface area contributed by atoms with Crippen LogP contribution in [-0.4, -0.2) is 0 Å². The van der Waals surface area contributed by atoms with Gasteiger partial charge < -0.3 is 5.32 Å². The number of aryl methyl sites for hydroxylation is 1. The number of hydrogen-bond acceptors (Lipinski definition) is 1. The first-order chi connectivity index (χ1) is 9.24. The smallest absolute Gasteiger partial charge is 0.0406 e. The highest BCUT2D eigenvalue weighted by Crippen LogP contribution is 2.32. The second-order valence-electron chi connectivity index (χ2n) is 5.23. The SMILES string of the molecule is CC(NC1CCc2ccccc21)c1ccc(Cl)cc1. The molecule has 0 saturated heterocycles. The van der Waals surface area contributed by atoms with Crippen molar-refractivity contribution >= 4 is 11.6 Å². The Bertz CT molecular complexity index is 562. The van der Waals surface area contributed by atoms with Gasteiger partial charge in [-0.3, -0.25) is 0 Å². The minimum atomic E-state index is 0.341. The van der Waals surface area contributed by atoms with Crippen molar-refractivity contribution < 1.29 is 0 Å². The fraction of sp³-hybridized carbons (Fsp3) is 0.294. The molecular formula is C17H18ClN. The van der Waals surface area contributed by atoms with Crippen molar-refractivity contribution in [2.45, 2.75) is 31.8 Å². The van der Waals surface area contributed by atoms with Crippen LogP contribution in [0.5, 0.6) is 0 Å². The van der Waals surface area contributed by atoms with Gasteiger partial charge in [0, 0.05) is 17.1 Å². The molecule has 2 atom stereocenters. The van der Waals surface area contributed by atoms with Gasteiger partial charge in [-0.25, -0.2) is 0 Å². The molecule has 1 aliphatic carbocycles. The van der Waals surface area contributed by atoms with Crippen molar-refractivity contribution in [3.05, 3.63) is 70.2 Å². The van der Waals surface area contributed by atoms with Gasteiger partial charge in [0.2, 0.25) is 0 Å². The van der Waals surface area contributed by atoms with E-state index in [2.05, 4.69) is 48.6 Å². The summed E-state index contributed by atoms with van der Waals surface area (Å²) in [6.07, 6.45) is 2.37. The number of halogens is 1. The van der Waals surface area contributed by atoms with Gasteiger partial charge in [-0.1, -0.05) is 48.0 Å². The molecule has 0 saturated carbocycles. The summed E-state index contributed by atoms with van der Waals surface area (Å²) < 4.78 is 0. The maximum absolute atomic E-state index is 5.93. The summed E-state index contributed by atoms with van der Waals surface area (Å²) in [6.45, 7) is 2.21. The van der Waals surface area contributed by atoms with Gasteiger partial charge in [0.25, 0.3) is 0 Å². The maximum Gasteiger partial charge on any atom is 0.0406 e. The standard InChI is InChI=1S/C17H18ClN/c1-12(13-6-9-15(18)10-7-13)19-17-11-8-14-4-2-3-5-16(14)17/h2-7,9-10,12,17,19H,8,11H2,1H3. The first-order valence-electron chi connectivity index (χ1n) is 6.83. The molecule has 0 amide bonds. The highest BCUT2D eigenvalue weighted by atomic mass is 35.5. The monoisotopic (exact) mass is 271 g/mol. The fourth-order valence-corrected chi connectivity index (χ4v) is 3.01. The molecule has 0 spiro atoms. The van der Waals surface area contributed by atoms with Crippen molar-refractivity contribution in [3.8, 4) is 0 Å². The van der Waals surface area contributed by atoms with E-state index in [-0.39, 0.29) is 0 Å². The van der Waals surface area contributed by atoms with E-state index in [1.54, 1.807) is 0 Å². The molecule has 1 N–H and O–H groups in total. The molecule has 0 aliphatic heterocycles. The highest BCUT2D eigenvalue weighted by molar-refractivity contribution is 6.30. The van der Waals surface area contributed by atoms with Crippen LogP contribution in [0.4, 0.5) is 0 Å². The normalized spacial score (nSPS) is 19.2. The number of nitrogens with one attached hydrogen (secondary N) is 1. The quantitative estimate of drug-likeness (QED) is 0.855. The molecule has 0 fully saturated rings. The van der Waals surface area contributed by atoms with Gasteiger partial charge in [-0.15, -0.1) is 0 Å². The third-order valence-electron chi connectivity index (χ3n) is 3.95. The molecule has 0 bridgehead atoms. The average Bonchev–Trinajstić information content (AvgIpc) is 2.83. The summed E-state index contributed by atoms with van der Waals surface area (Å²) in [4.78, 5) is 0. The molecule has 0 radical (unpaired) electrons. The minimum absolute atomic E-state index is 0.341. The van der Waals surface area contributed by atoms with Crippen LogP contribution in [-0.2, 0) is 6.42 Å². The lowest BCUT2D eigenvalue weighted by molar-refractivity contribution is 0.465. The molecule has 1 aliphatic rings. The Balaban J connectivity index is 1.74. The molecule has 0 heterocycles. The predicted molar refractivity (Wildman–Crippen MR) is 80.5 cm³/mol. The number of fused-ring (bicyclic) bond motifs is 1. The van der Waals surface area contributed by atoms with Gasteiger partial charge in [-0.2, -0.15) is 0 Å². The third kappa shape index (κ3) is 2.68. The molecule has 2 heteroatoms. The Morgan fingerprint density at radius 2 is 1.84 bits per heavy atom. The number of hydrogen-bond donors (Lipinski definition) is 1. The van der Waals surface area contributed by atoms with Gasteiger partial charge >= 0.3 is 0 Å². The molecule has 2 aromatic carbocycles. The molecule has 98 valence electrons. The maximum atomic E-state index is 5.93. The highest BCUT2D eigenvalue weighted by Gasteiger charge is 2.23. The van der Waals surface area contributed by atoms with Gasteiger partial charge in [0.15, 0.2) is 0 Å². The second-order valence-corrected chi connectivity index (χ2v) is 5.67. The summed E-state index contributed by atoms with van der Waals surface area (Å²) in [5.41, 5.74) is 4.24. The Morgan fingerprint density at radius 1 is 1.11 bits per heavy atom. The Morgan fingerprint density at radius 3 is 2.63 bits per heavy atom. The van der Waals surface area contributed by atoms with E-state index in [9.17, 15) is 0 Å². The van der Waals surface area contributed by atoms with Crippen molar-refractivity contribution in [1.29, 1.82) is 0 Å². The van der Waals surface area contributed by atoms with Gasteiger partial charge in [0.1, 0.15) is 0 Å². The zero-order valence-electron chi connectivity index (χ0n) is 11.1. The van der Waals surface area contributed by atoms with E-state index in [0.717, 1.165) is 5.02 Å². The Labute approximate surface area is 119 Å². The van der Waals surface area contributed by atoms with Crippen LogP contribution in [0, 0.1) is 0 Å². The Kier molecular flexibility index (Phi) is 3.58. The summed E-state index contributed by atoms with van der Waals surface area (Å²) in [5.74, 6) is 0. The summed E-state index contributed by atoms with van der Waals surface area (Å²) in [7, 11) is 0. The molecular weight excluding hydrogens is 254 g/mol. The van der Waals surface area contributed by atoms with Crippen molar-refractivity contribution in [2.75, 3.05) is 0 Å². The fourth-order valence-electron chi connectivity index (χ4n) is 2.88. The van der Waals surface area contributed by atoms with Crippen molar-refractivity contribution in [1.82, 2.24) is 5.32 Å². The first kappa shape index (κ1) is 12.7. The number of rotatable bonds is 3. The molecule has 0 aromatic heterocycles. The van der Waals surface area contributed by atoms with E-state index in [1.165, 1.54) is 29.5 Å². The largest absolute Gasteiger partial charge is 0.303 e. The topological polar surface area (TPSA) is 12.0 Å². The van der Waals surface area contributed by atoms with Gasteiger partial charge in [0.05, 0.1) is 0 Å². The van der Waals surface area contributed by atoms with Crippen molar-refractivity contribution in [3.63, 3.8) is 0 Å². The molecule has 3 rings (SSSR count). The zero-order chi connectivity index (χ0) is 13.2.